The monoisotopic (exact) mass is 708 g/mol. The predicted molar refractivity (Wildman–Crippen MR) is 202 cm³/mol. The van der Waals surface area contributed by atoms with Crippen molar-refractivity contribution in [3.8, 4) is 0 Å². The van der Waals surface area contributed by atoms with Crippen molar-refractivity contribution >= 4 is 19.8 Å². The third-order valence-electron chi connectivity index (χ3n) is 7.78. The first kappa shape index (κ1) is 46.8. The molecule has 0 aliphatic rings. The fourth-order valence-corrected chi connectivity index (χ4v) is 5.32. The Hall–Kier alpha value is -2.25. The Balaban J connectivity index is 4.14. The van der Waals surface area contributed by atoms with Gasteiger partial charge in [0.1, 0.15) is 6.61 Å². The lowest BCUT2D eigenvalue weighted by Gasteiger charge is -2.19. The molecule has 0 fully saturated rings. The summed E-state index contributed by atoms with van der Waals surface area (Å²) in [5.41, 5.74) is 0. The third-order valence-corrected chi connectivity index (χ3v) is 8.71. The number of hydrogen-bond donors (Lipinski definition) is 1. The molecular formula is C40H69O8P. The van der Waals surface area contributed by atoms with E-state index < -0.39 is 26.5 Å². The summed E-state index contributed by atoms with van der Waals surface area (Å²) >= 11 is 0. The summed E-state index contributed by atoms with van der Waals surface area (Å²) in [6, 6.07) is 0. The Labute approximate surface area is 299 Å². The van der Waals surface area contributed by atoms with Crippen LogP contribution in [0.5, 0.6) is 0 Å². The largest absolute Gasteiger partial charge is 0.472 e. The Morgan fingerprint density at radius 3 is 1.55 bits per heavy atom. The van der Waals surface area contributed by atoms with Gasteiger partial charge in [-0.3, -0.25) is 18.6 Å². The van der Waals surface area contributed by atoms with Gasteiger partial charge in [-0.25, -0.2) is 4.57 Å². The number of carbonyl (C=O) groups excluding carboxylic acids is 2. The Morgan fingerprint density at radius 2 is 1.04 bits per heavy atom. The number of allylic oxidation sites excluding steroid dienone is 10. The van der Waals surface area contributed by atoms with Crippen LogP contribution in [0.4, 0.5) is 0 Å². The first-order valence-corrected chi connectivity index (χ1v) is 20.5. The van der Waals surface area contributed by atoms with Crippen LogP contribution in [-0.2, 0) is 32.7 Å². The van der Waals surface area contributed by atoms with Crippen molar-refractivity contribution in [2.75, 3.05) is 20.3 Å². The van der Waals surface area contributed by atoms with Crippen molar-refractivity contribution in [1.29, 1.82) is 0 Å². The normalized spacial score (nSPS) is 14.1. The molecule has 0 heterocycles. The van der Waals surface area contributed by atoms with Crippen molar-refractivity contribution in [3.05, 3.63) is 60.8 Å². The minimum Gasteiger partial charge on any atom is -0.462 e. The number of phosphoric ester groups is 1. The van der Waals surface area contributed by atoms with E-state index in [4.69, 9.17) is 14.0 Å². The molecule has 0 bridgehead atoms. The van der Waals surface area contributed by atoms with Crippen LogP contribution in [0.1, 0.15) is 155 Å². The zero-order valence-electron chi connectivity index (χ0n) is 31.1. The van der Waals surface area contributed by atoms with Gasteiger partial charge in [-0.05, 0) is 57.8 Å². The van der Waals surface area contributed by atoms with Gasteiger partial charge in [0.2, 0.25) is 0 Å². The molecule has 9 heteroatoms. The van der Waals surface area contributed by atoms with E-state index in [1.54, 1.807) is 0 Å². The molecule has 8 nitrogen and oxygen atoms in total. The van der Waals surface area contributed by atoms with Crippen LogP contribution in [0.15, 0.2) is 60.8 Å². The molecule has 2 unspecified atom stereocenters. The topological polar surface area (TPSA) is 108 Å². The second kappa shape index (κ2) is 35.6. The fraction of sp³-hybridized carbons (Fsp3) is 0.700. The third kappa shape index (κ3) is 35.4. The van der Waals surface area contributed by atoms with E-state index >= 15 is 0 Å². The van der Waals surface area contributed by atoms with E-state index in [-0.39, 0.29) is 25.4 Å². The molecule has 0 rings (SSSR count). The van der Waals surface area contributed by atoms with Crippen LogP contribution in [0, 0.1) is 0 Å². The highest BCUT2D eigenvalue weighted by Gasteiger charge is 2.24. The SMILES string of the molecule is CC/C=C\C/C=C\C/C=C\C/C=C\C/C=C\CCCCCC(=O)OC(COC(=O)CCCCCCCCCCCCC)COP(=O)(O)OC. The van der Waals surface area contributed by atoms with E-state index in [0.717, 1.165) is 77.7 Å². The molecule has 1 N–H and O–H groups in total. The first-order chi connectivity index (χ1) is 23.8. The molecular weight excluding hydrogens is 639 g/mol. The molecule has 0 saturated heterocycles. The number of rotatable bonds is 34. The van der Waals surface area contributed by atoms with Gasteiger partial charge >= 0.3 is 19.8 Å². The summed E-state index contributed by atoms with van der Waals surface area (Å²) in [7, 11) is -3.22. The smallest absolute Gasteiger partial charge is 0.462 e. The number of unbranched alkanes of at least 4 members (excludes halogenated alkanes) is 13. The van der Waals surface area contributed by atoms with E-state index in [1.165, 1.54) is 51.4 Å². The van der Waals surface area contributed by atoms with Crippen molar-refractivity contribution in [1.82, 2.24) is 0 Å². The molecule has 0 aromatic carbocycles. The standard InChI is InChI=1S/C40H69O8P/c1-4-6-8-10-12-14-16-17-18-19-20-21-22-23-25-27-29-31-33-35-40(42)48-38(37-47-49(43,44)45-3)36-46-39(41)34-32-30-28-26-24-15-13-11-9-7-5-2/h6,8,12,14,17-18,20-21,23,25,38H,4-5,7,9-11,13,15-16,19,22,24,26-37H2,1-3H3,(H,43,44)/b8-6-,14-12-,18-17-,21-20-,25-23-. The average molecular weight is 709 g/mol. The lowest BCUT2D eigenvalue weighted by atomic mass is 10.1. The Morgan fingerprint density at radius 1 is 0.592 bits per heavy atom. The average Bonchev–Trinajstić information content (AvgIpc) is 3.09. The van der Waals surface area contributed by atoms with Crippen molar-refractivity contribution in [3.63, 3.8) is 0 Å². The van der Waals surface area contributed by atoms with E-state index in [0.29, 0.717) is 6.42 Å². The van der Waals surface area contributed by atoms with Gasteiger partial charge in [-0.15, -0.1) is 0 Å². The first-order valence-electron chi connectivity index (χ1n) is 19.0. The maximum absolute atomic E-state index is 12.4. The fourth-order valence-electron chi connectivity index (χ4n) is 4.86. The zero-order valence-corrected chi connectivity index (χ0v) is 32.0. The quantitative estimate of drug-likeness (QED) is 0.0304. The molecule has 49 heavy (non-hydrogen) atoms. The van der Waals surface area contributed by atoms with Gasteiger partial charge < -0.3 is 14.4 Å². The molecule has 0 aromatic rings. The number of esters is 2. The molecule has 282 valence electrons. The highest BCUT2D eigenvalue weighted by Crippen LogP contribution is 2.42. The summed E-state index contributed by atoms with van der Waals surface area (Å²) in [5, 5.41) is 0. The van der Waals surface area contributed by atoms with Crippen LogP contribution in [0.2, 0.25) is 0 Å². The van der Waals surface area contributed by atoms with Crippen LogP contribution >= 0.6 is 7.82 Å². The molecule has 2 atom stereocenters. The summed E-state index contributed by atoms with van der Waals surface area (Å²) in [5.74, 6) is -0.846. The number of phosphoric acid groups is 1. The van der Waals surface area contributed by atoms with Crippen molar-refractivity contribution in [2.45, 2.75) is 161 Å². The van der Waals surface area contributed by atoms with Crippen LogP contribution < -0.4 is 0 Å². The van der Waals surface area contributed by atoms with E-state index in [9.17, 15) is 19.0 Å². The summed E-state index contributed by atoms with van der Waals surface area (Å²) in [6.07, 6.45) is 42.7. The minimum atomic E-state index is -4.27. The maximum Gasteiger partial charge on any atom is 0.472 e. The van der Waals surface area contributed by atoms with E-state index in [1.807, 2.05) is 0 Å². The lowest BCUT2D eigenvalue weighted by Crippen LogP contribution is -2.29. The molecule has 0 aliphatic carbocycles. The second-order valence-electron chi connectivity index (χ2n) is 12.3. The molecule has 0 spiro atoms. The highest BCUT2D eigenvalue weighted by atomic mass is 31.2. The minimum absolute atomic E-state index is 0.204. The summed E-state index contributed by atoms with van der Waals surface area (Å²) in [4.78, 5) is 34.3. The van der Waals surface area contributed by atoms with Gasteiger partial charge in [0, 0.05) is 20.0 Å². The molecule has 0 amide bonds. The predicted octanol–water partition coefficient (Wildman–Crippen LogP) is 11.6. The Kier molecular flexibility index (Phi) is 33.9. The lowest BCUT2D eigenvalue weighted by molar-refractivity contribution is -0.161. The van der Waals surface area contributed by atoms with Gasteiger partial charge in [0.25, 0.3) is 0 Å². The van der Waals surface area contributed by atoms with Gasteiger partial charge in [0.15, 0.2) is 6.10 Å². The summed E-state index contributed by atoms with van der Waals surface area (Å²) < 4.78 is 31.8. The van der Waals surface area contributed by atoms with Crippen LogP contribution in [0.25, 0.3) is 0 Å². The maximum atomic E-state index is 12.4. The van der Waals surface area contributed by atoms with E-state index in [2.05, 4.69) is 79.1 Å². The number of carbonyl (C=O) groups is 2. The van der Waals surface area contributed by atoms with Crippen LogP contribution in [0.3, 0.4) is 0 Å². The van der Waals surface area contributed by atoms with Gasteiger partial charge in [0.05, 0.1) is 6.61 Å². The van der Waals surface area contributed by atoms with Crippen LogP contribution in [-0.4, -0.2) is 43.3 Å². The van der Waals surface area contributed by atoms with Gasteiger partial charge in [-0.2, -0.15) is 0 Å². The highest BCUT2D eigenvalue weighted by molar-refractivity contribution is 7.47. The molecule has 0 aliphatic heterocycles. The molecule has 0 aromatic heterocycles. The van der Waals surface area contributed by atoms with Crippen molar-refractivity contribution < 1.29 is 37.6 Å². The number of ether oxygens (including phenoxy) is 2. The zero-order chi connectivity index (χ0) is 36.1. The number of hydrogen-bond acceptors (Lipinski definition) is 7. The Bertz CT molecular complexity index is 985. The van der Waals surface area contributed by atoms with Gasteiger partial charge in [-0.1, -0.05) is 145 Å². The van der Waals surface area contributed by atoms with Crippen molar-refractivity contribution in [2.24, 2.45) is 0 Å². The molecule has 0 saturated carbocycles. The molecule has 0 radical (unpaired) electrons. The second-order valence-corrected chi connectivity index (χ2v) is 13.9. The summed E-state index contributed by atoms with van der Waals surface area (Å²) in [6.45, 7) is 3.72.